The average Bonchev–Trinajstić information content (AvgIpc) is 2.48. The first kappa shape index (κ1) is 16.0. The van der Waals surface area contributed by atoms with Crippen LogP contribution in [0.2, 0.25) is 0 Å². The third-order valence-electron chi connectivity index (χ3n) is 4.16. The van der Waals surface area contributed by atoms with Crippen molar-refractivity contribution in [2.45, 2.75) is 38.9 Å². The Hall–Kier alpha value is -1.39. The molecule has 0 radical (unpaired) electrons. The summed E-state index contributed by atoms with van der Waals surface area (Å²) in [7, 11) is 0. The number of nitrogens with zero attached hydrogens (tertiary/aromatic N) is 1. The zero-order valence-electron chi connectivity index (χ0n) is 13.1. The number of morpholine rings is 1. The molecule has 1 aliphatic heterocycles. The molecule has 1 amide bonds. The zero-order valence-corrected chi connectivity index (χ0v) is 13.1. The van der Waals surface area contributed by atoms with Gasteiger partial charge in [-0.2, -0.15) is 0 Å². The van der Waals surface area contributed by atoms with Gasteiger partial charge in [-0.1, -0.05) is 44.2 Å². The van der Waals surface area contributed by atoms with Gasteiger partial charge in [0, 0.05) is 6.54 Å². The van der Waals surface area contributed by atoms with Gasteiger partial charge in [0.2, 0.25) is 5.91 Å². The highest BCUT2D eigenvalue weighted by Gasteiger charge is 2.36. The Bertz CT molecular complexity index is 474. The van der Waals surface area contributed by atoms with Gasteiger partial charge in [-0.15, -0.1) is 0 Å². The Labute approximate surface area is 126 Å². The van der Waals surface area contributed by atoms with Crippen molar-refractivity contribution in [3.8, 4) is 0 Å². The van der Waals surface area contributed by atoms with Crippen molar-refractivity contribution in [2.75, 3.05) is 19.7 Å². The van der Waals surface area contributed by atoms with Crippen LogP contribution in [-0.2, 0) is 15.1 Å². The summed E-state index contributed by atoms with van der Waals surface area (Å²) in [5.74, 6) is 0.0946. The molecule has 1 fully saturated rings. The quantitative estimate of drug-likeness (QED) is 0.925. The van der Waals surface area contributed by atoms with Crippen molar-refractivity contribution in [1.82, 2.24) is 4.90 Å². The normalized spacial score (nSPS) is 24.1. The number of aliphatic hydroxyl groups is 1. The lowest BCUT2D eigenvalue weighted by molar-refractivity contribution is -0.152. The van der Waals surface area contributed by atoms with Crippen molar-refractivity contribution < 1.29 is 14.6 Å². The molecule has 4 nitrogen and oxygen atoms in total. The Kier molecular flexibility index (Phi) is 5.01. The summed E-state index contributed by atoms with van der Waals surface area (Å²) in [6.45, 7) is 7.50. The van der Waals surface area contributed by atoms with E-state index in [1.807, 2.05) is 56.0 Å². The molecule has 2 atom stereocenters. The van der Waals surface area contributed by atoms with Gasteiger partial charge in [0.05, 0.1) is 25.7 Å². The first-order valence-corrected chi connectivity index (χ1v) is 7.58. The number of hydrogen-bond acceptors (Lipinski definition) is 3. The maximum atomic E-state index is 12.3. The molecule has 1 N–H and O–H groups in total. The van der Waals surface area contributed by atoms with Crippen molar-refractivity contribution in [2.24, 2.45) is 5.92 Å². The molecular formula is C17H25NO3. The summed E-state index contributed by atoms with van der Waals surface area (Å²) >= 11 is 0. The Morgan fingerprint density at radius 1 is 1.38 bits per heavy atom. The van der Waals surface area contributed by atoms with Crippen LogP contribution >= 0.6 is 0 Å². The van der Waals surface area contributed by atoms with Gasteiger partial charge in [0.1, 0.15) is 5.60 Å². The molecule has 0 aliphatic carbocycles. The van der Waals surface area contributed by atoms with Crippen molar-refractivity contribution >= 4 is 5.91 Å². The standard InChI is InChI=1S/C17H25NO3/c1-13(2)15(19)11-16(20)18-9-10-21-17(3,12-18)14-7-5-4-6-8-14/h4-8,13,15,19H,9-12H2,1-3H3. The van der Waals surface area contributed by atoms with Crippen LogP contribution in [0.25, 0.3) is 0 Å². The first-order valence-electron chi connectivity index (χ1n) is 7.58. The van der Waals surface area contributed by atoms with Crippen LogP contribution in [0.5, 0.6) is 0 Å². The predicted molar refractivity (Wildman–Crippen MR) is 81.8 cm³/mol. The fraction of sp³-hybridized carbons (Fsp3) is 0.588. The van der Waals surface area contributed by atoms with Gasteiger partial charge in [-0.05, 0) is 18.4 Å². The molecule has 116 valence electrons. The van der Waals surface area contributed by atoms with Gasteiger partial charge in [0.25, 0.3) is 0 Å². The molecule has 1 aliphatic rings. The highest BCUT2D eigenvalue weighted by atomic mass is 16.5. The second kappa shape index (κ2) is 6.58. The minimum atomic E-state index is -0.580. The number of carbonyl (C=O) groups is 1. The van der Waals surface area contributed by atoms with E-state index >= 15 is 0 Å². The largest absolute Gasteiger partial charge is 0.392 e. The molecule has 4 heteroatoms. The molecule has 1 heterocycles. The summed E-state index contributed by atoms with van der Waals surface area (Å²) in [6, 6.07) is 9.98. The molecular weight excluding hydrogens is 266 g/mol. The molecule has 0 spiro atoms. The molecule has 21 heavy (non-hydrogen) atoms. The summed E-state index contributed by atoms with van der Waals surface area (Å²) in [4.78, 5) is 14.2. The van der Waals surface area contributed by atoms with Crippen LogP contribution in [0.3, 0.4) is 0 Å². The van der Waals surface area contributed by atoms with Crippen LogP contribution in [0, 0.1) is 5.92 Å². The van der Waals surface area contributed by atoms with E-state index in [9.17, 15) is 9.90 Å². The Morgan fingerprint density at radius 2 is 2.05 bits per heavy atom. The third kappa shape index (κ3) is 3.83. The number of benzene rings is 1. The van der Waals surface area contributed by atoms with Crippen molar-refractivity contribution in [3.05, 3.63) is 35.9 Å². The topological polar surface area (TPSA) is 49.8 Å². The van der Waals surface area contributed by atoms with Crippen LogP contribution in [-0.4, -0.2) is 41.7 Å². The predicted octanol–water partition coefficient (Wildman–Crippen LogP) is 2.17. The highest BCUT2D eigenvalue weighted by molar-refractivity contribution is 5.77. The number of hydrogen-bond donors (Lipinski definition) is 1. The lowest BCUT2D eigenvalue weighted by atomic mass is 9.93. The maximum Gasteiger partial charge on any atom is 0.225 e. The molecule has 1 aromatic carbocycles. The van der Waals surface area contributed by atoms with E-state index in [1.54, 1.807) is 0 Å². The molecule has 0 bridgehead atoms. The minimum Gasteiger partial charge on any atom is -0.392 e. The molecule has 2 rings (SSSR count). The molecule has 2 unspecified atom stereocenters. The van der Waals surface area contributed by atoms with E-state index in [4.69, 9.17) is 4.74 Å². The van der Waals surface area contributed by atoms with Gasteiger partial charge < -0.3 is 14.7 Å². The zero-order chi connectivity index (χ0) is 15.5. The minimum absolute atomic E-state index is 0.00153. The Morgan fingerprint density at radius 3 is 2.67 bits per heavy atom. The van der Waals surface area contributed by atoms with Gasteiger partial charge in [-0.25, -0.2) is 0 Å². The maximum absolute atomic E-state index is 12.3. The third-order valence-corrected chi connectivity index (χ3v) is 4.16. The van der Waals surface area contributed by atoms with Crippen LogP contribution in [0.4, 0.5) is 0 Å². The van der Waals surface area contributed by atoms with E-state index in [0.29, 0.717) is 19.7 Å². The lowest BCUT2D eigenvalue weighted by Crippen LogP contribution is -2.51. The smallest absolute Gasteiger partial charge is 0.225 e. The van der Waals surface area contributed by atoms with E-state index in [0.717, 1.165) is 5.56 Å². The summed E-state index contributed by atoms with van der Waals surface area (Å²) in [5.41, 5.74) is 0.602. The fourth-order valence-electron chi connectivity index (χ4n) is 2.59. The van der Waals surface area contributed by atoms with Crippen molar-refractivity contribution in [1.29, 1.82) is 0 Å². The van der Waals surface area contributed by atoms with E-state index < -0.39 is 11.7 Å². The fourth-order valence-corrected chi connectivity index (χ4v) is 2.59. The van der Waals surface area contributed by atoms with E-state index in [1.165, 1.54) is 0 Å². The molecule has 1 aromatic rings. The summed E-state index contributed by atoms with van der Waals surface area (Å²) in [5, 5.41) is 9.90. The summed E-state index contributed by atoms with van der Waals surface area (Å²) < 4.78 is 5.93. The van der Waals surface area contributed by atoms with Crippen LogP contribution < -0.4 is 0 Å². The monoisotopic (exact) mass is 291 g/mol. The number of aliphatic hydroxyl groups excluding tert-OH is 1. The van der Waals surface area contributed by atoms with Gasteiger partial charge in [-0.3, -0.25) is 4.79 Å². The number of ether oxygens (including phenoxy) is 1. The summed E-state index contributed by atoms with van der Waals surface area (Å²) in [6.07, 6.45) is -0.397. The van der Waals surface area contributed by atoms with Gasteiger partial charge in [0.15, 0.2) is 0 Å². The molecule has 1 saturated heterocycles. The van der Waals surface area contributed by atoms with Crippen LogP contribution in [0.1, 0.15) is 32.8 Å². The number of carbonyl (C=O) groups excluding carboxylic acids is 1. The highest BCUT2D eigenvalue weighted by Crippen LogP contribution is 2.29. The number of rotatable bonds is 4. The second-order valence-electron chi connectivity index (χ2n) is 6.28. The molecule has 0 aromatic heterocycles. The molecule has 0 saturated carbocycles. The first-order chi connectivity index (χ1) is 9.92. The number of amides is 1. The SMILES string of the molecule is CC(C)C(O)CC(=O)N1CCOC(C)(c2ccccc2)C1. The Balaban J connectivity index is 2.05. The van der Waals surface area contributed by atoms with Crippen LogP contribution in [0.15, 0.2) is 30.3 Å². The lowest BCUT2D eigenvalue weighted by Gasteiger charge is -2.41. The van der Waals surface area contributed by atoms with Crippen molar-refractivity contribution in [3.63, 3.8) is 0 Å². The average molecular weight is 291 g/mol. The van der Waals surface area contributed by atoms with E-state index in [-0.39, 0.29) is 18.2 Å². The van der Waals surface area contributed by atoms with Gasteiger partial charge >= 0.3 is 0 Å². The van der Waals surface area contributed by atoms with E-state index in [2.05, 4.69) is 0 Å². The second-order valence-corrected chi connectivity index (χ2v) is 6.28.